The van der Waals surface area contributed by atoms with Crippen molar-refractivity contribution in [1.82, 2.24) is 5.32 Å². The molecule has 6 heteroatoms. The number of nitrogens with zero attached hydrogens (tertiary/aromatic N) is 1. The van der Waals surface area contributed by atoms with Crippen LogP contribution in [0.15, 0.2) is 42.5 Å². The van der Waals surface area contributed by atoms with E-state index >= 15 is 0 Å². The Morgan fingerprint density at radius 2 is 1.88 bits per heavy atom. The summed E-state index contributed by atoms with van der Waals surface area (Å²) in [5.74, 6) is -0.0895. The first kappa shape index (κ1) is 17.5. The average Bonchev–Trinajstić information content (AvgIpc) is 2.61. The maximum absolute atomic E-state index is 12.3. The second-order valence-electron chi connectivity index (χ2n) is 5.57. The van der Waals surface area contributed by atoms with Crippen molar-refractivity contribution in [3.05, 3.63) is 62.2 Å². The Kier molecular flexibility index (Phi) is 5.97. The van der Waals surface area contributed by atoms with Crippen molar-refractivity contribution in [2.24, 2.45) is 0 Å². The second kappa shape index (κ2) is 8.18. The topological polar surface area (TPSA) is 41.6 Å². The zero-order valence-corrected chi connectivity index (χ0v) is 16.0. The summed E-state index contributed by atoms with van der Waals surface area (Å²) in [6.45, 7) is 3.90. The lowest BCUT2D eigenvalue weighted by Crippen LogP contribution is -2.36. The summed E-state index contributed by atoms with van der Waals surface area (Å²) in [4.78, 5) is 14.6. The lowest BCUT2D eigenvalue weighted by atomic mass is 10.1. The van der Waals surface area contributed by atoms with E-state index in [9.17, 15) is 4.79 Å². The van der Waals surface area contributed by atoms with Crippen LogP contribution in [0.5, 0.6) is 0 Å². The standard InChI is InChI=1S/C18H18ClIN2O2/c19-14-3-6-16(17(20)11-14)18(23)21-12-13-1-4-15(5-2-13)22-7-9-24-10-8-22/h1-6,11H,7-10,12H2,(H,21,23). The van der Waals surface area contributed by atoms with E-state index in [2.05, 4.69) is 57.1 Å². The number of amides is 1. The summed E-state index contributed by atoms with van der Waals surface area (Å²) >= 11 is 8.05. The largest absolute Gasteiger partial charge is 0.378 e. The van der Waals surface area contributed by atoms with Gasteiger partial charge in [0.2, 0.25) is 0 Å². The maximum atomic E-state index is 12.3. The number of nitrogens with one attached hydrogen (secondary N) is 1. The third kappa shape index (κ3) is 4.40. The van der Waals surface area contributed by atoms with Gasteiger partial charge in [0.05, 0.1) is 18.8 Å². The molecule has 0 atom stereocenters. The van der Waals surface area contributed by atoms with Gasteiger partial charge >= 0.3 is 0 Å². The summed E-state index contributed by atoms with van der Waals surface area (Å²) in [7, 11) is 0. The molecule has 2 aromatic carbocycles. The number of hydrogen-bond acceptors (Lipinski definition) is 3. The van der Waals surface area contributed by atoms with Gasteiger partial charge in [-0.25, -0.2) is 0 Å². The van der Waals surface area contributed by atoms with Crippen LogP contribution in [-0.2, 0) is 11.3 Å². The van der Waals surface area contributed by atoms with Crippen LogP contribution in [0.25, 0.3) is 0 Å². The number of halogens is 2. The van der Waals surface area contributed by atoms with E-state index in [0.29, 0.717) is 17.1 Å². The van der Waals surface area contributed by atoms with E-state index in [1.807, 2.05) is 0 Å². The highest BCUT2D eigenvalue weighted by atomic mass is 127. The van der Waals surface area contributed by atoms with Crippen LogP contribution in [0.3, 0.4) is 0 Å². The highest BCUT2D eigenvalue weighted by Crippen LogP contribution is 2.19. The molecule has 0 bridgehead atoms. The van der Waals surface area contributed by atoms with E-state index in [0.717, 1.165) is 35.4 Å². The van der Waals surface area contributed by atoms with Gasteiger partial charge in [-0.1, -0.05) is 23.7 Å². The summed E-state index contributed by atoms with van der Waals surface area (Å²) in [6, 6.07) is 13.6. The van der Waals surface area contributed by atoms with Gasteiger partial charge in [0, 0.05) is 33.9 Å². The maximum Gasteiger partial charge on any atom is 0.252 e. The van der Waals surface area contributed by atoms with E-state index in [4.69, 9.17) is 16.3 Å². The van der Waals surface area contributed by atoms with Crippen molar-refractivity contribution < 1.29 is 9.53 Å². The number of hydrogen-bond donors (Lipinski definition) is 1. The number of carbonyl (C=O) groups excluding carboxylic acids is 1. The molecule has 1 saturated heterocycles. The van der Waals surface area contributed by atoms with E-state index in [1.54, 1.807) is 18.2 Å². The highest BCUT2D eigenvalue weighted by molar-refractivity contribution is 14.1. The molecule has 1 amide bonds. The van der Waals surface area contributed by atoms with Crippen molar-refractivity contribution in [2.75, 3.05) is 31.2 Å². The van der Waals surface area contributed by atoms with Crippen LogP contribution >= 0.6 is 34.2 Å². The predicted octanol–water partition coefficient (Wildman–Crippen LogP) is 3.71. The molecule has 0 aliphatic carbocycles. The molecule has 1 aliphatic rings. The molecule has 0 radical (unpaired) electrons. The fraction of sp³-hybridized carbons (Fsp3) is 0.278. The number of anilines is 1. The Labute approximate surface area is 160 Å². The summed E-state index contributed by atoms with van der Waals surface area (Å²) in [5, 5.41) is 3.59. The predicted molar refractivity (Wildman–Crippen MR) is 105 cm³/mol. The van der Waals surface area contributed by atoms with Crippen molar-refractivity contribution in [3.8, 4) is 0 Å². The van der Waals surface area contributed by atoms with E-state index in [1.165, 1.54) is 5.69 Å². The molecule has 0 unspecified atom stereocenters. The first-order valence-electron chi connectivity index (χ1n) is 7.78. The fourth-order valence-corrected chi connectivity index (χ4v) is 3.71. The van der Waals surface area contributed by atoms with E-state index < -0.39 is 0 Å². The van der Waals surface area contributed by atoms with Crippen molar-refractivity contribution in [3.63, 3.8) is 0 Å². The zero-order chi connectivity index (χ0) is 16.9. The number of morpholine rings is 1. The molecule has 3 rings (SSSR count). The Bertz CT molecular complexity index is 715. The zero-order valence-electron chi connectivity index (χ0n) is 13.1. The molecular formula is C18H18ClIN2O2. The smallest absolute Gasteiger partial charge is 0.252 e. The molecule has 24 heavy (non-hydrogen) atoms. The molecule has 1 fully saturated rings. The Balaban J connectivity index is 1.59. The fourth-order valence-electron chi connectivity index (χ4n) is 2.60. The lowest BCUT2D eigenvalue weighted by molar-refractivity contribution is 0.0950. The SMILES string of the molecule is O=C(NCc1ccc(N2CCOCC2)cc1)c1ccc(Cl)cc1I. The van der Waals surface area contributed by atoms with E-state index in [-0.39, 0.29) is 5.91 Å². The van der Waals surface area contributed by atoms with Gasteiger partial charge in [0.1, 0.15) is 0 Å². The minimum Gasteiger partial charge on any atom is -0.378 e. The molecule has 1 aliphatic heterocycles. The third-order valence-corrected chi connectivity index (χ3v) is 5.07. The molecule has 4 nitrogen and oxygen atoms in total. The average molecular weight is 457 g/mol. The van der Waals surface area contributed by atoms with Gasteiger partial charge in [-0.15, -0.1) is 0 Å². The minimum absolute atomic E-state index is 0.0895. The molecule has 0 aromatic heterocycles. The normalized spacial score (nSPS) is 14.5. The lowest BCUT2D eigenvalue weighted by Gasteiger charge is -2.28. The number of carbonyl (C=O) groups is 1. The Hall–Kier alpha value is -1.31. The second-order valence-corrected chi connectivity index (χ2v) is 7.17. The van der Waals surface area contributed by atoms with Crippen molar-refractivity contribution in [1.29, 1.82) is 0 Å². The highest BCUT2D eigenvalue weighted by Gasteiger charge is 2.12. The van der Waals surface area contributed by atoms with Gasteiger partial charge in [-0.05, 0) is 58.5 Å². The van der Waals surface area contributed by atoms with Crippen LogP contribution in [0.4, 0.5) is 5.69 Å². The van der Waals surface area contributed by atoms with Crippen LogP contribution in [0.1, 0.15) is 15.9 Å². The number of ether oxygens (including phenoxy) is 1. The quantitative estimate of drug-likeness (QED) is 0.713. The van der Waals surface area contributed by atoms with Gasteiger partial charge in [-0.2, -0.15) is 0 Å². The Morgan fingerprint density at radius 3 is 2.54 bits per heavy atom. The van der Waals surface area contributed by atoms with Crippen molar-refractivity contribution in [2.45, 2.75) is 6.54 Å². The molecule has 1 N–H and O–H groups in total. The summed E-state index contributed by atoms with van der Waals surface area (Å²) < 4.78 is 6.22. The van der Waals surface area contributed by atoms with Gasteiger partial charge in [0.25, 0.3) is 5.91 Å². The first-order chi connectivity index (χ1) is 11.6. The molecule has 0 spiro atoms. The minimum atomic E-state index is -0.0895. The van der Waals surface area contributed by atoms with Crippen LogP contribution in [0.2, 0.25) is 5.02 Å². The van der Waals surface area contributed by atoms with Crippen molar-refractivity contribution >= 4 is 45.8 Å². The molecule has 0 saturated carbocycles. The summed E-state index contributed by atoms with van der Waals surface area (Å²) in [6.07, 6.45) is 0. The molecule has 126 valence electrons. The van der Waals surface area contributed by atoms with Crippen LogP contribution < -0.4 is 10.2 Å². The summed E-state index contributed by atoms with van der Waals surface area (Å²) in [5.41, 5.74) is 2.91. The van der Waals surface area contributed by atoms with Gasteiger partial charge in [0.15, 0.2) is 0 Å². The van der Waals surface area contributed by atoms with Crippen LogP contribution in [0, 0.1) is 3.57 Å². The van der Waals surface area contributed by atoms with Crippen LogP contribution in [-0.4, -0.2) is 32.2 Å². The molecule has 1 heterocycles. The number of benzene rings is 2. The third-order valence-electron chi connectivity index (χ3n) is 3.94. The van der Waals surface area contributed by atoms with Gasteiger partial charge < -0.3 is 15.0 Å². The Morgan fingerprint density at radius 1 is 1.17 bits per heavy atom. The number of rotatable bonds is 4. The molecular weight excluding hydrogens is 439 g/mol. The van der Waals surface area contributed by atoms with Gasteiger partial charge in [-0.3, -0.25) is 4.79 Å². The molecule has 2 aromatic rings. The monoisotopic (exact) mass is 456 g/mol. The first-order valence-corrected chi connectivity index (χ1v) is 9.24.